The van der Waals surface area contributed by atoms with Crippen molar-refractivity contribution in [2.24, 2.45) is 5.92 Å². The number of hydrogen-bond acceptors (Lipinski definition) is 5. The van der Waals surface area contributed by atoms with Crippen molar-refractivity contribution < 1.29 is 9.53 Å². The van der Waals surface area contributed by atoms with Gasteiger partial charge in [0.1, 0.15) is 15.8 Å². The van der Waals surface area contributed by atoms with Crippen LogP contribution >= 0.6 is 24.0 Å². The maximum absolute atomic E-state index is 12.2. The number of hydrogen-bond donors (Lipinski definition) is 1. The second-order valence-corrected chi connectivity index (χ2v) is 9.47. The highest BCUT2D eigenvalue weighted by Crippen LogP contribution is 2.33. The van der Waals surface area contributed by atoms with Crippen molar-refractivity contribution in [3.63, 3.8) is 0 Å². The SMILES string of the molecule is Cc1cc(OCC(C)C)ccc1-c1nn(-c2ccccc2)cc1C=C1SC(=S)NC1=O. The number of thiocarbonyl (C=S) groups is 1. The third kappa shape index (κ3) is 4.89. The first-order chi connectivity index (χ1) is 14.9. The monoisotopic (exact) mass is 449 g/mol. The normalized spacial score (nSPS) is 15.0. The lowest BCUT2D eigenvalue weighted by molar-refractivity contribution is -0.115. The summed E-state index contributed by atoms with van der Waals surface area (Å²) < 4.78 is 8.17. The van der Waals surface area contributed by atoms with E-state index in [-0.39, 0.29) is 5.91 Å². The van der Waals surface area contributed by atoms with Crippen molar-refractivity contribution in [2.75, 3.05) is 6.61 Å². The van der Waals surface area contributed by atoms with E-state index >= 15 is 0 Å². The zero-order chi connectivity index (χ0) is 22.0. The van der Waals surface area contributed by atoms with Crippen LogP contribution in [-0.2, 0) is 4.79 Å². The minimum absolute atomic E-state index is 0.178. The summed E-state index contributed by atoms with van der Waals surface area (Å²) in [7, 11) is 0. The molecule has 0 atom stereocenters. The molecule has 0 unspecified atom stereocenters. The van der Waals surface area contributed by atoms with Crippen LogP contribution in [0.15, 0.2) is 59.6 Å². The second-order valence-electron chi connectivity index (χ2n) is 7.75. The van der Waals surface area contributed by atoms with Crippen LogP contribution < -0.4 is 10.1 Å². The highest BCUT2D eigenvalue weighted by molar-refractivity contribution is 8.26. The summed E-state index contributed by atoms with van der Waals surface area (Å²) in [6.45, 7) is 6.97. The molecule has 4 rings (SSSR count). The van der Waals surface area contributed by atoms with Gasteiger partial charge in [0, 0.05) is 17.3 Å². The van der Waals surface area contributed by atoms with Crippen molar-refractivity contribution in [3.05, 3.63) is 70.8 Å². The van der Waals surface area contributed by atoms with Crippen LogP contribution in [0.2, 0.25) is 0 Å². The number of carbonyl (C=O) groups excluding carboxylic acids is 1. The maximum Gasteiger partial charge on any atom is 0.263 e. The molecule has 1 aromatic heterocycles. The van der Waals surface area contributed by atoms with Gasteiger partial charge in [-0.15, -0.1) is 0 Å². The van der Waals surface area contributed by atoms with Crippen LogP contribution in [0.3, 0.4) is 0 Å². The zero-order valence-electron chi connectivity index (χ0n) is 17.6. The molecule has 0 bridgehead atoms. The van der Waals surface area contributed by atoms with Crippen LogP contribution in [-0.4, -0.2) is 26.6 Å². The van der Waals surface area contributed by atoms with Gasteiger partial charge in [-0.05, 0) is 54.8 Å². The molecule has 0 spiro atoms. The molecule has 1 fully saturated rings. The lowest BCUT2D eigenvalue weighted by Crippen LogP contribution is -2.17. The molecule has 0 saturated carbocycles. The van der Waals surface area contributed by atoms with Crippen LogP contribution in [0.25, 0.3) is 23.0 Å². The molecule has 0 aliphatic carbocycles. The van der Waals surface area contributed by atoms with E-state index in [4.69, 9.17) is 22.1 Å². The van der Waals surface area contributed by atoms with Crippen molar-refractivity contribution in [1.82, 2.24) is 15.1 Å². The summed E-state index contributed by atoms with van der Waals surface area (Å²) in [5.41, 5.74) is 4.64. The Balaban J connectivity index is 1.77. The third-order valence-electron chi connectivity index (χ3n) is 4.73. The minimum atomic E-state index is -0.178. The van der Waals surface area contributed by atoms with E-state index in [0.29, 0.717) is 21.8 Å². The van der Waals surface area contributed by atoms with Crippen LogP contribution in [0.4, 0.5) is 0 Å². The number of carbonyl (C=O) groups is 1. The van der Waals surface area contributed by atoms with E-state index in [1.807, 2.05) is 72.4 Å². The van der Waals surface area contributed by atoms with Gasteiger partial charge in [0.25, 0.3) is 5.91 Å². The standard InChI is InChI=1S/C24H23N3O2S2/c1-15(2)14-29-19-9-10-20(16(3)11-19)22-17(12-21-23(28)25-24(30)31-21)13-27(26-22)18-7-5-4-6-8-18/h4-13,15H,14H2,1-3H3,(H,25,28,30). The van der Waals surface area contributed by atoms with Gasteiger partial charge in [-0.2, -0.15) is 5.10 Å². The van der Waals surface area contributed by atoms with Gasteiger partial charge < -0.3 is 10.1 Å². The highest BCUT2D eigenvalue weighted by Gasteiger charge is 2.23. The minimum Gasteiger partial charge on any atom is -0.493 e. The van der Waals surface area contributed by atoms with Gasteiger partial charge >= 0.3 is 0 Å². The molecule has 31 heavy (non-hydrogen) atoms. The summed E-state index contributed by atoms with van der Waals surface area (Å²) >= 11 is 6.40. The van der Waals surface area contributed by atoms with Gasteiger partial charge in [-0.25, -0.2) is 4.68 Å². The molecule has 1 saturated heterocycles. The molecular weight excluding hydrogens is 426 g/mol. The first-order valence-corrected chi connectivity index (χ1v) is 11.3. The van der Waals surface area contributed by atoms with Crippen molar-refractivity contribution in [2.45, 2.75) is 20.8 Å². The molecular formula is C24H23N3O2S2. The quantitative estimate of drug-likeness (QED) is 0.405. The number of aromatic nitrogens is 2. The predicted molar refractivity (Wildman–Crippen MR) is 130 cm³/mol. The fourth-order valence-electron chi connectivity index (χ4n) is 3.23. The van der Waals surface area contributed by atoms with Crippen molar-refractivity contribution in [1.29, 1.82) is 0 Å². The molecule has 2 aromatic carbocycles. The number of rotatable bonds is 6. The first kappa shape index (κ1) is 21.3. The Hall–Kier alpha value is -2.90. The molecule has 3 aromatic rings. The summed E-state index contributed by atoms with van der Waals surface area (Å²) in [5.74, 6) is 1.12. The molecule has 1 N–H and O–H groups in total. The Morgan fingerprint density at radius 3 is 2.65 bits per heavy atom. The maximum atomic E-state index is 12.2. The van der Waals surface area contributed by atoms with Gasteiger partial charge in [0.05, 0.1) is 17.2 Å². The summed E-state index contributed by atoms with van der Waals surface area (Å²) in [6, 6.07) is 15.9. The molecule has 1 aliphatic rings. The molecule has 2 heterocycles. The summed E-state index contributed by atoms with van der Waals surface area (Å²) in [6.07, 6.45) is 3.79. The fourth-order valence-corrected chi connectivity index (χ4v) is 4.27. The number of aryl methyl sites for hydroxylation is 1. The van der Waals surface area contributed by atoms with Gasteiger partial charge in [0.15, 0.2) is 0 Å². The first-order valence-electron chi connectivity index (χ1n) is 10.0. The fraction of sp³-hybridized carbons (Fsp3) is 0.208. The largest absolute Gasteiger partial charge is 0.493 e. The Morgan fingerprint density at radius 2 is 2.00 bits per heavy atom. The molecule has 1 amide bonds. The number of amides is 1. The summed E-state index contributed by atoms with van der Waals surface area (Å²) in [5, 5.41) is 7.53. The van der Waals surface area contributed by atoms with E-state index in [2.05, 4.69) is 19.2 Å². The Kier molecular flexibility index (Phi) is 6.25. The number of nitrogens with one attached hydrogen (secondary N) is 1. The predicted octanol–water partition coefficient (Wildman–Crippen LogP) is 5.37. The Morgan fingerprint density at radius 1 is 1.23 bits per heavy atom. The number of ether oxygens (including phenoxy) is 1. The lowest BCUT2D eigenvalue weighted by Gasteiger charge is -2.11. The molecule has 0 radical (unpaired) electrons. The van der Waals surface area contributed by atoms with E-state index in [1.165, 1.54) is 11.8 Å². The van der Waals surface area contributed by atoms with E-state index in [0.717, 1.165) is 33.8 Å². The topological polar surface area (TPSA) is 56.1 Å². The lowest BCUT2D eigenvalue weighted by atomic mass is 10.0. The summed E-state index contributed by atoms with van der Waals surface area (Å²) in [4.78, 5) is 12.8. The number of para-hydroxylation sites is 1. The molecule has 5 nitrogen and oxygen atoms in total. The Bertz CT molecular complexity index is 1170. The van der Waals surface area contributed by atoms with Gasteiger partial charge in [-0.1, -0.05) is 56.0 Å². The highest BCUT2D eigenvalue weighted by atomic mass is 32.2. The number of thioether (sulfide) groups is 1. The number of nitrogens with zero attached hydrogens (tertiary/aromatic N) is 2. The van der Waals surface area contributed by atoms with Gasteiger partial charge in [0.2, 0.25) is 0 Å². The number of benzene rings is 2. The smallest absolute Gasteiger partial charge is 0.263 e. The Labute approximate surface area is 191 Å². The van der Waals surface area contributed by atoms with Crippen LogP contribution in [0, 0.1) is 12.8 Å². The third-order valence-corrected chi connectivity index (χ3v) is 5.89. The average molecular weight is 450 g/mol. The van der Waals surface area contributed by atoms with Crippen molar-refractivity contribution >= 4 is 40.3 Å². The molecule has 7 heteroatoms. The second kappa shape index (κ2) is 9.08. The van der Waals surface area contributed by atoms with E-state index in [1.54, 1.807) is 0 Å². The average Bonchev–Trinajstić information content (AvgIpc) is 3.30. The van der Waals surface area contributed by atoms with Crippen LogP contribution in [0.5, 0.6) is 5.75 Å². The van der Waals surface area contributed by atoms with E-state index in [9.17, 15) is 4.79 Å². The zero-order valence-corrected chi connectivity index (χ0v) is 19.2. The van der Waals surface area contributed by atoms with E-state index < -0.39 is 0 Å². The molecule has 1 aliphatic heterocycles. The van der Waals surface area contributed by atoms with Crippen molar-refractivity contribution in [3.8, 4) is 22.7 Å². The van der Waals surface area contributed by atoms with Crippen LogP contribution in [0.1, 0.15) is 25.0 Å². The molecule has 158 valence electrons. The van der Waals surface area contributed by atoms with Gasteiger partial charge in [-0.3, -0.25) is 4.79 Å².